The maximum atomic E-state index is 13.6. The lowest BCUT2D eigenvalue weighted by Gasteiger charge is -2.21. The first-order chi connectivity index (χ1) is 11.5. The third-order valence-corrected chi connectivity index (χ3v) is 3.78. The summed E-state index contributed by atoms with van der Waals surface area (Å²) in [5.41, 5.74) is -0.401. The Labute approximate surface area is 137 Å². The second-order valence-electron chi connectivity index (χ2n) is 5.85. The number of fused-ring (bicyclic) bond motifs is 1. The summed E-state index contributed by atoms with van der Waals surface area (Å²) in [6.45, 7) is 1.60. The van der Waals surface area contributed by atoms with Crippen molar-refractivity contribution in [2.45, 2.75) is 25.4 Å². The van der Waals surface area contributed by atoms with Crippen molar-refractivity contribution in [3.8, 4) is 0 Å². The largest absolute Gasteiger partial charge is 0.466 e. The number of aromatic nitrogens is 2. The number of rotatable bonds is 6. The minimum Gasteiger partial charge on any atom is -0.466 e. The van der Waals surface area contributed by atoms with E-state index in [1.165, 1.54) is 12.3 Å². The van der Waals surface area contributed by atoms with E-state index in [2.05, 4.69) is 15.3 Å². The molecule has 0 radical (unpaired) electrons. The van der Waals surface area contributed by atoms with Crippen molar-refractivity contribution in [3.63, 3.8) is 0 Å². The average molecular weight is 331 g/mol. The number of furan rings is 1. The molecule has 1 amide bonds. The van der Waals surface area contributed by atoms with Crippen LogP contribution in [0.5, 0.6) is 0 Å². The molecule has 6 nitrogen and oxygen atoms in total. The first-order valence-corrected chi connectivity index (χ1v) is 7.62. The fourth-order valence-electron chi connectivity index (χ4n) is 2.43. The van der Waals surface area contributed by atoms with Crippen LogP contribution in [0.25, 0.3) is 11.0 Å². The van der Waals surface area contributed by atoms with Crippen LogP contribution < -0.4 is 5.32 Å². The smallest absolute Gasteiger partial charge is 0.220 e. The molecule has 7 heteroatoms. The molecule has 2 heterocycles. The van der Waals surface area contributed by atoms with Gasteiger partial charge in [0.25, 0.3) is 0 Å². The topological polar surface area (TPSA) is 91.1 Å². The molecule has 1 unspecified atom stereocenters. The summed E-state index contributed by atoms with van der Waals surface area (Å²) in [7, 11) is 0. The van der Waals surface area contributed by atoms with Gasteiger partial charge in [-0.2, -0.15) is 0 Å². The molecule has 24 heavy (non-hydrogen) atoms. The summed E-state index contributed by atoms with van der Waals surface area (Å²) in [6.07, 6.45) is 1.99. The zero-order chi connectivity index (χ0) is 17.2. The van der Waals surface area contributed by atoms with Gasteiger partial charge in [0.05, 0.1) is 18.3 Å². The van der Waals surface area contributed by atoms with Crippen LogP contribution >= 0.6 is 0 Å². The van der Waals surface area contributed by atoms with Gasteiger partial charge in [-0.15, -0.1) is 0 Å². The summed E-state index contributed by atoms with van der Waals surface area (Å²) in [6, 6.07) is 8.00. The van der Waals surface area contributed by atoms with E-state index in [9.17, 15) is 14.3 Å². The molecule has 0 spiro atoms. The number of H-pyrrole nitrogens is 1. The fourth-order valence-corrected chi connectivity index (χ4v) is 2.43. The number of aromatic amines is 1. The van der Waals surface area contributed by atoms with Crippen LogP contribution in [0.4, 0.5) is 4.39 Å². The Hall–Kier alpha value is -2.67. The number of carbonyl (C=O) groups excluding carboxylic acids is 1. The average Bonchev–Trinajstić information content (AvgIpc) is 3.21. The Morgan fingerprint density at radius 3 is 2.96 bits per heavy atom. The van der Waals surface area contributed by atoms with E-state index < -0.39 is 11.4 Å². The Bertz CT molecular complexity index is 840. The van der Waals surface area contributed by atoms with Crippen LogP contribution in [0.15, 0.2) is 41.0 Å². The minimum atomic E-state index is -1.28. The molecule has 2 aromatic heterocycles. The van der Waals surface area contributed by atoms with Crippen molar-refractivity contribution in [2.75, 3.05) is 6.54 Å². The Morgan fingerprint density at radius 2 is 2.25 bits per heavy atom. The number of benzene rings is 1. The second kappa shape index (κ2) is 6.45. The number of nitrogens with zero attached hydrogens (tertiary/aromatic N) is 1. The summed E-state index contributed by atoms with van der Waals surface area (Å²) in [5.74, 6) is 0.301. The molecule has 0 fully saturated rings. The van der Waals surface area contributed by atoms with E-state index in [4.69, 9.17) is 4.42 Å². The lowest BCUT2D eigenvalue weighted by molar-refractivity contribution is -0.122. The molecule has 0 aliphatic heterocycles. The van der Waals surface area contributed by atoms with Crippen molar-refractivity contribution in [1.82, 2.24) is 15.3 Å². The van der Waals surface area contributed by atoms with E-state index in [0.717, 1.165) is 0 Å². The highest BCUT2D eigenvalue weighted by Gasteiger charge is 2.26. The molecule has 0 saturated carbocycles. The van der Waals surface area contributed by atoms with Gasteiger partial charge in [0.1, 0.15) is 22.7 Å². The zero-order valence-electron chi connectivity index (χ0n) is 13.2. The number of aryl methyl sites for hydroxylation is 1. The summed E-state index contributed by atoms with van der Waals surface area (Å²) in [4.78, 5) is 19.1. The summed E-state index contributed by atoms with van der Waals surface area (Å²) in [5, 5.41) is 12.9. The predicted octanol–water partition coefficient (Wildman–Crippen LogP) is 2.25. The second-order valence-corrected chi connectivity index (χ2v) is 5.85. The fraction of sp³-hybridized carbons (Fsp3) is 0.294. The molecule has 0 aliphatic rings. The predicted molar refractivity (Wildman–Crippen MR) is 85.7 cm³/mol. The third kappa shape index (κ3) is 3.46. The van der Waals surface area contributed by atoms with Gasteiger partial charge < -0.3 is 19.8 Å². The first-order valence-electron chi connectivity index (χ1n) is 7.62. The van der Waals surface area contributed by atoms with E-state index in [1.807, 2.05) is 0 Å². The molecule has 3 N–H and O–H groups in total. The molecule has 3 aromatic rings. The number of hydrogen-bond acceptors (Lipinski definition) is 4. The van der Waals surface area contributed by atoms with Gasteiger partial charge in [0.15, 0.2) is 5.82 Å². The van der Waals surface area contributed by atoms with Gasteiger partial charge in [-0.1, -0.05) is 6.07 Å². The van der Waals surface area contributed by atoms with Crippen LogP contribution in [0, 0.1) is 5.82 Å². The molecule has 126 valence electrons. The van der Waals surface area contributed by atoms with Gasteiger partial charge >= 0.3 is 0 Å². The van der Waals surface area contributed by atoms with Crippen molar-refractivity contribution >= 4 is 16.9 Å². The van der Waals surface area contributed by atoms with Gasteiger partial charge in [0, 0.05) is 12.8 Å². The number of para-hydroxylation sites is 1. The number of imidazole rings is 1. The van der Waals surface area contributed by atoms with Gasteiger partial charge in [-0.3, -0.25) is 4.79 Å². The number of hydrogen-bond donors (Lipinski definition) is 3. The minimum absolute atomic E-state index is 0.0358. The van der Waals surface area contributed by atoms with Crippen LogP contribution in [0.1, 0.15) is 24.9 Å². The zero-order valence-corrected chi connectivity index (χ0v) is 13.2. The first kappa shape index (κ1) is 16.2. The van der Waals surface area contributed by atoms with E-state index in [0.29, 0.717) is 23.5 Å². The van der Waals surface area contributed by atoms with Gasteiger partial charge in [0.2, 0.25) is 5.91 Å². The number of halogens is 1. The van der Waals surface area contributed by atoms with Crippen LogP contribution in [-0.4, -0.2) is 27.5 Å². The molecular weight excluding hydrogens is 313 g/mol. The Morgan fingerprint density at radius 1 is 1.42 bits per heavy atom. The molecule has 0 aliphatic carbocycles. The highest BCUT2D eigenvalue weighted by Crippen LogP contribution is 2.20. The van der Waals surface area contributed by atoms with Crippen molar-refractivity contribution in [1.29, 1.82) is 0 Å². The lowest BCUT2D eigenvalue weighted by Crippen LogP contribution is -2.38. The normalized spacial score (nSPS) is 13.8. The van der Waals surface area contributed by atoms with Gasteiger partial charge in [-0.25, -0.2) is 9.37 Å². The highest BCUT2D eigenvalue weighted by atomic mass is 19.1. The number of carbonyl (C=O) groups is 1. The Balaban J connectivity index is 1.54. The lowest BCUT2D eigenvalue weighted by atomic mass is 10.0. The van der Waals surface area contributed by atoms with Crippen molar-refractivity contribution < 1.29 is 18.7 Å². The monoisotopic (exact) mass is 331 g/mol. The molecule has 1 atom stereocenters. The number of aliphatic hydroxyl groups is 1. The van der Waals surface area contributed by atoms with Crippen molar-refractivity contribution in [3.05, 3.63) is 54.0 Å². The maximum Gasteiger partial charge on any atom is 0.220 e. The molecule has 0 bridgehead atoms. The van der Waals surface area contributed by atoms with Crippen LogP contribution in [-0.2, 0) is 16.8 Å². The molecular formula is C17H18FN3O3. The summed E-state index contributed by atoms with van der Waals surface area (Å²) < 4.78 is 18.7. The van der Waals surface area contributed by atoms with Crippen molar-refractivity contribution in [2.24, 2.45) is 0 Å². The molecule has 3 rings (SSSR count). The molecule has 1 aromatic carbocycles. The van der Waals surface area contributed by atoms with E-state index >= 15 is 0 Å². The quantitative estimate of drug-likeness (QED) is 0.646. The standard InChI is InChI=1S/C17H18FN3O3/c1-17(23,13-6-3-9-24-13)10-19-15(22)8-7-14-20-12-5-2-4-11(18)16(12)21-14/h2-6,9,23H,7-8,10H2,1H3,(H,19,22)(H,20,21). The molecule has 0 saturated heterocycles. The highest BCUT2D eigenvalue weighted by molar-refractivity contribution is 5.77. The third-order valence-electron chi connectivity index (χ3n) is 3.78. The van der Waals surface area contributed by atoms with Gasteiger partial charge in [-0.05, 0) is 31.2 Å². The number of nitrogens with one attached hydrogen (secondary N) is 2. The van der Waals surface area contributed by atoms with Crippen LogP contribution in [0.3, 0.4) is 0 Å². The Kier molecular flexibility index (Phi) is 4.35. The van der Waals surface area contributed by atoms with E-state index in [1.54, 1.807) is 31.2 Å². The summed E-state index contributed by atoms with van der Waals surface area (Å²) >= 11 is 0. The maximum absolute atomic E-state index is 13.6. The number of amides is 1. The van der Waals surface area contributed by atoms with Crippen LogP contribution in [0.2, 0.25) is 0 Å². The SMILES string of the molecule is CC(O)(CNC(=O)CCc1nc2c(F)cccc2[nH]1)c1ccco1. The van der Waals surface area contributed by atoms with E-state index in [-0.39, 0.29) is 24.4 Å².